The number of amides is 3. The summed E-state index contributed by atoms with van der Waals surface area (Å²) in [6.45, 7) is 2.91. The van der Waals surface area contributed by atoms with E-state index < -0.39 is 36.2 Å². The van der Waals surface area contributed by atoms with Gasteiger partial charge >= 0.3 is 5.69 Å². The highest BCUT2D eigenvalue weighted by molar-refractivity contribution is 6.08. The van der Waals surface area contributed by atoms with Crippen LogP contribution < -0.4 is 21.2 Å². The highest BCUT2D eigenvalue weighted by atomic mass is 19.3. The number of nitrogens with one attached hydrogen (secondary N) is 2. The van der Waals surface area contributed by atoms with Crippen molar-refractivity contribution in [1.82, 2.24) is 43.7 Å². The van der Waals surface area contributed by atoms with Crippen molar-refractivity contribution in [2.24, 2.45) is 7.05 Å². The molecule has 1 saturated carbocycles. The minimum Gasteiger partial charge on any atom is -0.371 e. The average molecular weight is 884 g/mol. The number of anilines is 2. The first-order valence-corrected chi connectivity index (χ1v) is 21.9. The van der Waals surface area contributed by atoms with Gasteiger partial charge in [-0.2, -0.15) is 10.2 Å². The van der Waals surface area contributed by atoms with Gasteiger partial charge in [-0.25, -0.2) is 23.1 Å². The fourth-order valence-electron chi connectivity index (χ4n) is 9.52. The van der Waals surface area contributed by atoms with Gasteiger partial charge in [-0.1, -0.05) is 37.2 Å². The fourth-order valence-corrected chi connectivity index (χ4v) is 9.52. The lowest BCUT2D eigenvalue weighted by Crippen LogP contribution is -2.46. The zero-order valence-corrected chi connectivity index (χ0v) is 35.7. The van der Waals surface area contributed by atoms with Crippen molar-refractivity contribution in [1.29, 1.82) is 0 Å². The van der Waals surface area contributed by atoms with Crippen LogP contribution in [0.4, 0.5) is 20.3 Å². The number of morpholine rings is 1. The maximum absolute atomic E-state index is 13.7. The molecule has 0 radical (unpaired) electrons. The zero-order valence-electron chi connectivity index (χ0n) is 35.7. The number of hydrogen-bond acceptors (Lipinski definition) is 12. The number of carbonyl (C=O) groups excluding carboxylic acids is 3. The molecule has 20 heteroatoms. The number of nitrogens with zero attached hydrogens (tertiary/aromatic N) is 9. The molecule has 3 N–H and O–H groups in total. The molecule has 10 rings (SSSR count). The van der Waals surface area contributed by atoms with Crippen LogP contribution in [0.1, 0.15) is 104 Å². The number of aryl methyl sites for hydroxylation is 1. The standard InChI is InChI=1S/C22H25F2N7O3.C22H26N4O4/c23-19(24)18-15(10-30(28-18)12-4-2-1-3-5-12)26-21(32)14-9-25-29-7-6-17(27-20(14)29)31-13-8-16(22(31)33)34-11-13;1-24-12-10-16(11-13-24)30-14-4-6-15-5-3-7-17-20(15)25(2)22(29)26(17)18-8-9-19(27)23-21(18)28/h6-7,9-10,12-13,16,19,22,33H,1-5,8,11H2,(H,26,32);3,5,7,16,18H,8-14H2,1-2H3,(H,23,27,28). The molecule has 4 unspecified atom stereocenters. The van der Waals surface area contributed by atoms with Crippen molar-refractivity contribution in [3.05, 3.63) is 70.2 Å². The Hall–Kier alpha value is -6.01. The number of aromatic nitrogens is 7. The van der Waals surface area contributed by atoms with Crippen molar-refractivity contribution in [2.75, 3.05) is 43.6 Å². The normalized spacial score (nSPS) is 23.1. The summed E-state index contributed by atoms with van der Waals surface area (Å²) < 4.78 is 44.8. The highest BCUT2D eigenvalue weighted by Gasteiger charge is 2.47. The molecule has 0 spiro atoms. The molecule has 18 nitrogen and oxygen atoms in total. The second-order valence-electron chi connectivity index (χ2n) is 17.1. The molecule has 4 saturated heterocycles. The molecule has 5 aromatic rings. The van der Waals surface area contributed by atoms with Gasteiger partial charge in [0.1, 0.15) is 30.1 Å². The third-order valence-corrected chi connectivity index (χ3v) is 13.0. The van der Waals surface area contributed by atoms with Gasteiger partial charge in [0.25, 0.3) is 12.3 Å². The fraction of sp³-hybridized carbons (Fsp3) is 0.523. The summed E-state index contributed by atoms with van der Waals surface area (Å²) in [5, 5.41) is 23.7. The lowest BCUT2D eigenvalue weighted by atomic mass is 9.96. The van der Waals surface area contributed by atoms with Crippen LogP contribution in [-0.2, 0) is 26.1 Å². The van der Waals surface area contributed by atoms with Crippen LogP contribution in [0.5, 0.6) is 0 Å². The number of halogens is 2. The number of hydrogen-bond donors (Lipinski definition) is 3. The number of carbonyl (C=O) groups is 3. The number of piperidine rings is 2. The number of aliphatic hydroxyl groups excluding tert-OH is 1. The number of para-hydroxylation sites is 1. The Morgan fingerprint density at radius 1 is 1.06 bits per heavy atom. The molecular weight excluding hydrogens is 833 g/mol. The SMILES string of the molecule is CN1CCC(OCC#Cc2cccc3c2n(C)c(=O)n3C2CCC(=O)NC2=O)CC1.O=C(Nc1cn(C2CCCCC2)nc1C(F)F)c1cnn2ccc(N3C4COC(C4)C3O)nc12. The summed E-state index contributed by atoms with van der Waals surface area (Å²) in [6.07, 6.45) is 9.08. The second kappa shape index (κ2) is 18.2. The quantitative estimate of drug-likeness (QED) is 0.151. The number of rotatable bonds is 8. The third-order valence-electron chi connectivity index (χ3n) is 13.0. The number of aliphatic hydroxyl groups is 1. The lowest BCUT2D eigenvalue weighted by molar-refractivity contribution is -0.135. The van der Waals surface area contributed by atoms with E-state index >= 15 is 0 Å². The van der Waals surface area contributed by atoms with Gasteiger partial charge in [-0.05, 0) is 57.4 Å². The Balaban J connectivity index is 0.000000163. The van der Waals surface area contributed by atoms with Crippen molar-refractivity contribution in [3.63, 3.8) is 0 Å². The Morgan fingerprint density at radius 3 is 2.59 bits per heavy atom. The van der Waals surface area contributed by atoms with Crippen LogP contribution in [0.3, 0.4) is 0 Å². The van der Waals surface area contributed by atoms with Crippen LogP contribution in [0, 0.1) is 11.8 Å². The monoisotopic (exact) mass is 883 g/mol. The van der Waals surface area contributed by atoms with Crippen LogP contribution in [0.2, 0.25) is 0 Å². The number of fused-ring (bicyclic) bond motifs is 4. The number of likely N-dealkylation sites (tertiary alicyclic amines) is 1. The summed E-state index contributed by atoms with van der Waals surface area (Å²) >= 11 is 0. The zero-order chi connectivity index (χ0) is 44.6. The van der Waals surface area contributed by atoms with Gasteiger partial charge in [0.2, 0.25) is 11.8 Å². The summed E-state index contributed by atoms with van der Waals surface area (Å²) in [4.78, 5) is 58.5. The smallest absolute Gasteiger partial charge is 0.329 e. The molecule has 1 aromatic carbocycles. The van der Waals surface area contributed by atoms with Gasteiger partial charge in [0, 0.05) is 45.4 Å². The third kappa shape index (κ3) is 8.52. The maximum Gasteiger partial charge on any atom is 0.329 e. The first kappa shape index (κ1) is 43.3. The van der Waals surface area contributed by atoms with Gasteiger partial charge in [-0.15, -0.1) is 0 Å². The average Bonchev–Trinajstić information content (AvgIpc) is 4.13. The molecule has 4 atom stereocenters. The number of imide groups is 1. The number of ether oxygens (including phenoxy) is 2. The molecule has 8 heterocycles. The van der Waals surface area contributed by atoms with Crippen molar-refractivity contribution >= 4 is 45.9 Å². The van der Waals surface area contributed by atoms with Crippen molar-refractivity contribution in [2.45, 2.75) is 107 Å². The van der Waals surface area contributed by atoms with E-state index in [0.29, 0.717) is 48.5 Å². The molecule has 5 aliphatic rings. The lowest BCUT2D eigenvalue weighted by Gasteiger charge is -2.32. The van der Waals surface area contributed by atoms with Crippen LogP contribution in [-0.4, -0.2) is 119 Å². The largest absolute Gasteiger partial charge is 0.371 e. The van der Waals surface area contributed by atoms with E-state index in [1.165, 1.54) is 26.0 Å². The summed E-state index contributed by atoms with van der Waals surface area (Å²) in [7, 11) is 3.79. The van der Waals surface area contributed by atoms with E-state index in [1.807, 2.05) is 12.1 Å². The Kier molecular flexibility index (Phi) is 12.3. The van der Waals surface area contributed by atoms with Gasteiger partial charge in [0.15, 0.2) is 17.6 Å². The molecule has 64 heavy (non-hydrogen) atoms. The van der Waals surface area contributed by atoms with E-state index in [-0.39, 0.29) is 59.2 Å². The van der Waals surface area contributed by atoms with Crippen LogP contribution >= 0.6 is 0 Å². The van der Waals surface area contributed by atoms with Gasteiger partial charge in [-0.3, -0.25) is 33.5 Å². The molecule has 4 aromatic heterocycles. The Morgan fingerprint density at radius 2 is 1.86 bits per heavy atom. The van der Waals surface area contributed by atoms with E-state index in [1.54, 1.807) is 35.0 Å². The molecule has 338 valence electrons. The molecule has 4 aliphatic heterocycles. The van der Waals surface area contributed by atoms with E-state index in [2.05, 4.69) is 49.6 Å². The first-order valence-electron chi connectivity index (χ1n) is 21.9. The summed E-state index contributed by atoms with van der Waals surface area (Å²) in [5.74, 6) is 5.35. The topological polar surface area (TPSA) is 195 Å². The number of alkyl halides is 2. The van der Waals surface area contributed by atoms with Gasteiger partial charge in [0.05, 0.1) is 53.3 Å². The van der Waals surface area contributed by atoms with Crippen molar-refractivity contribution < 1.29 is 37.7 Å². The van der Waals surface area contributed by atoms with Crippen molar-refractivity contribution in [3.8, 4) is 11.8 Å². The predicted octanol–water partition coefficient (Wildman–Crippen LogP) is 3.70. The second-order valence-corrected chi connectivity index (χ2v) is 17.1. The summed E-state index contributed by atoms with van der Waals surface area (Å²) in [5.41, 5.74) is 1.69. The van der Waals surface area contributed by atoms with Gasteiger partial charge < -0.3 is 29.7 Å². The molecular formula is C44H51F2N11O7. The number of imidazole rings is 1. The van der Waals surface area contributed by atoms with Crippen LogP contribution in [0.15, 0.2) is 47.7 Å². The van der Waals surface area contributed by atoms with E-state index in [9.17, 15) is 33.1 Å². The minimum atomic E-state index is -2.82. The minimum absolute atomic E-state index is 0.00868. The van der Waals surface area contributed by atoms with E-state index in [0.717, 1.165) is 58.0 Å². The summed E-state index contributed by atoms with van der Waals surface area (Å²) in [6, 6.07) is 6.58. The Bertz CT molecular complexity index is 2680. The molecule has 5 fully saturated rings. The highest BCUT2D eigenvalue weighted by Crippen LogP contribution is 2.36. The molecule has 2 bridgehead atoms. The predicted molar refractivity (Wildman–Crippen MR) is 229 cm³/mol. The Labute approximate surface area is 366 Å². The first-order chi connectivity index (χ1) is 30.9. The molecule has 3 amide bonds. The van der Waals surface area contributed by atoms with E-state index in [4.69, 9.17) is 9.47 Å². The maximum atomic E-state index is 13.7. The van der Waals surface area contributed by atoms with Crippen LogP contribution in [0.25, 0.3) is 16.7 Å². The number of benzene rings is 1. The molecule has 1 aliphatic carbocycles.